The van der Waals surface area contributed by atoms with Crippen LogP contribution in [0.4, 0.5) is 16.2 Å². The summed E-state index contributed by atoms with van der Waals surface area (Å²) in [6.45, 7) is 1.07. The van der Waals surface area contributed by atoms with Gasteiger partial charge < -0.3 is 9.50 Å². The van der Waals surface area contributed by atoms with Gasteiger partial charge in [-0.15, -0.1) is 4.91 Å². The highest BCUT2D eigenvalue weighted by Crippen LogP contribution is 2.25. The zero-order chi connectivity index (χ0) is 17.2. The van der Waals surface area contributed by atoms with Crippen molar-refractivity contribution in [2.45, 2.75) is 4.90 Å². The van der Waals surface area contributed by atoms with Crippen molar-refractivity contribution < 1.29 is 17.4 Å². The van der Waals surface area contributed by atoms with E-state index in [9.17, 15) is 18.1 Å². The molecule has 0 spiro atoms. The molecule has 0 bridgehead atoms. The number of nitrogens with zero attached hydrogens (tertiary/aromatic N) is 2. The molecule has 1 heterocycles. The van der Waals surface area contributed by atoms with Crippen molar-refractivity contribution >= 4 is 27.5 Å². The van der Waals surface area contributed by atoms with Crippen molar-refractivity contribution in [3.63, 3.8) is 0 Å². The first kappa shape index (κ1) is 15.9. The fraction of sp³-hybridized carbons (Fsp3) is 0.133. The quantitative estimate of drug-likeness (QED) is 0.660. The van der Waals surface area contributed by atoms with Crippen LogP contribution < -0.4 is 14.4 Å². The van der Waals surface area contributed by atoms with E-state index < -0.39 is 10.1 Å². The number of carbonyl (C=O) groups excluding carboxylic acids is 1. The molecule has 1 aliphatic rings. The Labute approximate surface area is 138 Å². The first-order valence-electron chi connectivity index (χ1n) is 7.03. The number of amides is 2. The molecule has 1 aliphatic heterocycles. The molecule has 1 N–H and O–H groups in total. The summed E-state index contributed by atoms with van der Waals surface area (Å²) in [4.78, 5) is 23.5. The van der Waals surface area contributed by atoms with Gasteiger partial charge in [-0.2, -0.15) is 8.42 Å². The van der Waals surface area contributed by atoms with Gasteiger partial charge in [0, 0.05) is 24.8 Å². The molecule has 1 saturated heterocycles. The predicted molar refractivity (Wildman–Crippen MR) is 86.9 cm³/mol. The van der Waals surface area contributed by atoms with E-state index in [4.69, 9.17) is 4.18 Å². The standard InChI is InChI=1S/C15H13N3O5S/c19-15-16-8-9-18(15)12-4-6-14(7-5-12)24(21,22)23-13-3-1-2-11(10-13)17-20/h1-7,10H,8-9H2,(H,16,19). The highest BCUT2D eigenvalue weighted by molar-refractivity contribution is 7.87. The van der Waals surface area contributed by atoms with Crippen LogP contribution in [0.25, 0.3) is 0 Å². The van der Waals surface area contributed by atoms with E-state index in [-0.39, 0.29) is 22.4 Å². The van der Waals surface area contributed by atoms with Crippen LogP contribution in [-0.4, -0.2) is 27.5 Å². The average molecular weight is 347 g/mol. The molecule has 0 aliphatic carbocycles. The van der Waals surface area contributed by atoms with Gasteiger partial charge in [-0.25, -0.2) is 4.79 Å². The molecule has 8 nitrogen and oxygen atoms in total. The van der Waals surface area contributed by atoms with E-state index in [0.29, 0.717) is 18.8 Å². The van der Waals surface area contributed by atoms with Crippen molar-refractivity contribution in [2.24, 2.45) is 5.18 Å². The zero-order valence-electron chi connectivity index (χ0n) is 12.4. The molecule has 2 amide bonds. The summed E-state index contributed by atoms with van der Waals surface area (Å²) in [5.74, 6) is -0.00454. The van der Waals surface area contributed by atoms with Crippen molar-refractivity contribution in [1.82, 2.24) is 5.32 Å². The number of hydrogen-bond donors (Lipinski definition) is 1. The van der Waals surface area contributed by atoms with Crippen LogP contribution >= 0.6 is 0 Å². The largest absolute Gasteiger partial charge is 0.379 e. The molecule has 0 atom stereocenters. The van der Waals surface area contributed by atoms with Crippen molar-refractivity contribution in [1.29, 1.82) is 0 Å². The smallest absolute Gasteiger partial charge is 0.339 e. The minimum Gasteiger partial charge on any atom is -0.379 e. The summed E-state index contributed by atoms with van der Waals surface area (Å²) >= 11 is 0. The maximum absolute atomic E-state index is 12.3. The molecule has 0 unspecified atom stereocenters. The summed E-state index contributed by atoms with van der Waals surface area (Å²) in [6, 6.07) is 11.1. The Hall–Kier alpha value is -2.94. The Balaban J connectivity index is 1.81. The van der Waals surface area contributed by atoms with Crippen LogP contribution in [0.1, 0.15) is 0 Å². The van der Waals surface area contributed by atoms with E-state index in [1.165, 1.54) is 53.4 Å². The fourth-order valence-electron chi connectivity index (χ4n) is 2.28. The van der Waals surface area contributed by atoms with E-state index in [1.54, 1.807) is 0 Å². The number of anilines is 1. The number of nitroso groups, excluding NO2 is 1. The molecule has 3 rings (SSSR count). The van der Waals surface area contributed by atoms with Gasteiger partial charge in [-0.1, -0.05) is 6.07 Å². The highest BCUT2D eigenvalue weighted by atomic mass is 32.2. The van der Waals surface area contributed by atoms with Crippen LogP contribution in [0.2, 0.25) is 0 Å². The monoisotopic (exact) mass is 347 g/mol. The summed E-state index contributed by atoms with van der Waals surface area (Å²) < 4.78 is 29.5. The summed E-state index contributed by atoms with van der Waals surface area (Å²) in [6.07, 6.45) is 0. The van der Waals surface area contributed by atoms with E-state index in [0.717, 1.165) is 0 Å². The Morgan fingerprint density at radius 3 is 2.50 bits per heavy atom. The molecule has 2 aromatic carbocycles. The van der Waals surface area contributed by atoms with Gasteiger partial charge in [0.05, 0.1) is 0 Å². The summed E-state index contributed by atoms with van der Waals surface area (Å²) in [7, 11) is -4.05. The number of urea groups is 1. The summed E-state index contributed by atoms with van der Waals surface area (Å²) in [5.41, 5.74) is 0.661. The number of benzene rings is 2. The molecule has 1 fully saturated rings. The molecule has 124 valence electrons. The second kappa shape index (κ2) is 6.28. The molecular formula is C15H13N3O5S. The number of rotatable bonds is 5. The lowest BCUT2D eigenvalue weighted by Crippen LogP contribution is -2.27. The van der Waals surface area contributed by atoms with Crippen LogP contribution in [0.3, 0.4) is 0 Å². The molecule has 24 heavy (non-hydrogen) atoms. The first-order chi connectivity index (χ1) is 11.5. The Kier molecular flexibility index (Phi) is 4.17. The zero-order valence-corrected chi connectivity index (χ0v) is 13.2. The van der Waals surface area contributed by atoms with Crippen LogP contribution in [0, 0.1) is 4.91 Å². The number of carbonyl (C=O) groups is 1. The van der Waals surface area contributed by atoms with Gasteiger partial charge in [-0.3, -0.25) is 4.90 Å². The van der Waals surface area contributed by atoms with Gasteiger partial charge in [0.1, 0.15) is 16.3 Å². The van der Waals surface area contributed by atoms with Crippen LogP contribution in [0.15, 0.2) is 58.6 Å². The maximum atomic E-state index is 12.3. The Bertz CT molecular complexity index is 880. The molecule has 0 saturated carbocycles. The lowest BCUT2D eigenvalue weighted by atomic mass is 10.3. The summed E-state index contributed by atoms with van der Waals surface area (Å²) in [5, 5.41) is 5.39. The van der Waals surface area contributed by atoms with Crippen molar-refractivity contribution in [2.75, 3.05) is 18.0 Å². The third kappa shape index (κ3) is 3.20. The fourth-order valence-corrected chi connectivity index (χ4v) is 3.20. The highest BCUT2D eigenvalue weighted by Gasteiger charge is 2.22. The van der Waals surface area contributed by atoms with Crippen molar-refractivity contribution in [3.8, 4) is 5.75 Å². The van der Waals surface area contributed by atoms with E-state index >= 15 is 0 Å². The Morgan fingerprint density at radius 1 is 1.12 bits per heavy atom. The molecule has 9 heteroatoms. The molecule has 0 radical (unpaired) electrons. The number of nitrogens with one attached hydrogen (secondary N) is 1. The van der Waals surface area contributed by atoms with Gasteiger partial charge in [0.15, 0.2) is 0 Å². The minimum absolute atomic E-state index is 0.00454. The van der Waals surface area contributed by atoms with Gasteiger partial charge in [0.2, 0.25) is 0 Å². The third-order valence-corrected chi connectivity index (χ3v) is 4.68. The second-order valence-corrected chi connectivity index (χ2v) is 6.55. The lowest BCUT2D eigenvalue weighted by Gasteiger charge is -2.14. The molecule has 0 aromatic heterocycles. The first-order valence-corrected chi connectivity index (χ1v) is 8.44. The molecule has 2 aromatic rings. The minimum atomic E-state index is -4.05. The SMILES string of the molecule is O=Nc1cccc(OS(=O)(=O)c2ccc(N3CCNC3=O)cc2)c1. The maximum Gasteiger partial charge on any atom is 0.339 e. The van der Waals surface area contributed by atoms with Crippen LogP contribution in [-0.2, 0) is 10.1 Å². The number of hydrogen-bond acceptors (Lipinski definition) is 6. The second-order valence-electron chi connectivity index (χ2n) is 5.00. The Morgan fingerprint density at radius 2 is 1.88 bits per heavy atom. The van der Waals surface area contributed by atoms with Gasteiger partial charge in [0.25, 0.3) is 0 Å². The third-order valence-electron chi connectivity index (χ3n) is 3.42. The predicted octanol–water partition coefficient (Wildman–Crippen LogP) is 2.38. The normalized spacial score (nSPS) is 14.3. The van der Waals surface area contributed by atoms with E-state index in [2.05, 4.69) is 10.5 Å². The van der Waals surface area contributed by atoms with Crippen molar-refractivity contribution in [3.05, 3.63) is 53.4 Å². The van der Waals surface area contributed by atoms with Crippen LogP contribution in [0.5, 0.6) is 5.75 Å². The van der Waals surface area contributed by atoms with Gasteiger partial charge >= 0.3 is 16.1 Å². The molecular weight excluding hydrogens is 334 g/mol. The lowest BCUT2D eigenvalue weighted by molar-refractivity contribution is 0.252. The average Bonchev–Trinajstić information content (AvgIpc) is 3.01. The van der Waals surface area contributed by atoms with E-state index in [1.807, 2.05) is 0 Å². The van der Waals surface area contributed by atoms with Gasteiger partial charge in [-0.05, 0) is 41.6 Å². The topological polar surface area (TPSA) is 105 Å².